The number of nitrogens with two attached hydrogens (primary N) is 1. The fraction of sp³-hybridized carbons (Fsp3) is 0.263. The van der Waals surface area contributed by atoms with Gasteiger partial charge in [0.15, 0.2) is 6.54 Å². The summed E-state index contributed by atoms with van der Waals surface area (Å²) >= 11 is 0. The molecule has 3 amide bonds. The molecule has 138 valence electrons. The van der Waals surface area contributed by atoms with Crippen molar-refractivity contribution in [3.63, 3.8) is 0 Å². The van der Waals surface area contributed by atoms with Crippen LogP contribution in [0.25, 0.3) is 0 Å². The lowest BCUT2D eigenvalue weighted by Crippen LogP contribution is -2.87. The van der Waals surface area contributed by atoms with Crippen molar-refractivity contribution in [1.29, 1.82) is 0 Å². The number of amides is 3. The van der Waals surface area contributed by atoms with Crippen molar-refractivity contribution in [2.45, 2.75) is 26.8 Å². The summed E-state index contributed by atoms with van der Waals surface area (Å²) in [7, 11) is 0. The number of hydrogen-bond acceptors (Lipinski definition) is 2. The average Bonchev–Trinajstić information content (AvgIpc) is 2.55. The number of nitrogens with one attached hydrogen (secondary N) is 2. The molecule has 26 heavy (non-hydrogen) atoms. The molecular weight excluding hydrogens is 340 g/mol. The summed E-state index contributed by atoms with van der Waals surface area (Å²) in [6.45, 7) is 5.43. The molecule has 0 aliphatic rings. The zero-order valence-electron chi connectivity index (χ0n) is 14.9. The van der Waals surface area contributed by atoms with Gasteiger partial charge in [0, 0.05) is 17.3 Å². The molecule has 7 heteroatoms. The molecule has 2 aromatic rings. The predicted octanol–water partition coefficient (Wildman–Crippen LogP) is 2.55. The summed E-state index contributed by atoms with van der Waals surface area (Å²) in [5.74, 6) is -1.83. The zero-order valence-corrected chi connectivity index (χ0v) is 14.9. The fourth-order valence-corrected chi connectivity index (χ4v) is 2.57. The highest BCUT2D eigenvalue weighted by molar-refractivity contribution is 6.01. The quantitative estimate of drug-likeness (QED) is 0.765. The van der Waals surface area contributed by atoms with Crippen molar-refractivity contribution in [2.24, 2.45) is 0 Å². The van der Waals surface area contributed by atoms with E-state index in [1.54, 1.807) is 18.3 Å². The van der Waals surface area contributed by atoms with Crippen LogP contribution in [0.5, 0.6) is 0 Å². The molecule has 0 unspecified atom stereocenters. The van der Waals surface area contributed by atoms with Crippen LogP contribution in [0.2, 0.25) is 0 Å². The van der Waals surface area contributed by atoms with E-state index in [-0.39, 0.29) is 6.54 Å². The van der Waals surface area contributed by atoms with Crippen LogP contribution < -0.4 is 16.0 Å². The second-order valence-electron chi connectivity index (χ2n) is 6.22. The summed E-state index contributed by atoms with van der Waals surface area (Å²) in [5, 5.41) is 6.41. The van der Waals surface area contributed by atoms with Crippen LogP contribution in [0.3, 0.4) is 0 Å². The highest BCUT2D eigenvalue weighted by Gasteiger charge is 2.17. The van der Waals surface area contributed by atoms with Crippen molar-refractivity contribution >= 4 is 17.6 Å². The molecule has 5 nitrogen and oxygen atoms in total. The normalized spacial score (nSPS) is 11.7. The number of quaternary nitrogens is 1. The van der Waals surface area contributed by atoms with E-state index in [9.17, 15) is 18.4 Å². The standard InChI is InChI=1S/C19H21F2N3O2/c1-11-4-7-17(12(2)8-11)23-19(26)24-18(25)10-22-13(3)15-6-5-14(20)9-16(15)21/h4-9,13,22H,10H2,1-3H3,(H2,23,24,25,26)/p+1/t13-/m0/s1. The van der Waals surface area contributed by atoms with Gasteiger partial charge in [-0.05, 0) is 44.5 Å². The summed E-state index contributed by atoms with van der Waals surface area (Å²) in [6, 6.07) is 7.83. The van der Waals surface area contributed by atoms with Crippen molar-refractivity contribution in [2.75, 3.05) is 11.9 Å². The van der Waals surface area contributed by atoms with Crippen LogP contribution in [-0.2, 0) is 4.79 Å². The lowest BCUT2D eigenvalue weighted by molar-refractivity contribution is -0.682. The summed E-state index contributed by atoms with van der Waals surface area (Å²) in [6.07, 6.45) is 0. The van der Waals surface area contributed by atoms with Gasteiger partial charge >= 0.3 is 6.03 Å². The van der Waals surface area contributed by atoms with Crippen molar-refractivity contribution in [1.82, 2.24) is 5.32 Å². The SMILES string of the molecule is Cc1ccc(NC(=O)NC(=O)C[NH2+][C@@H](C)c2ccc(F)cc2F)c(C)c1. The predicted molar refractivity (Wildman–Crippen MR) is 94.6 cm³/mol. The molecule has 0 aliphatic carbocycles. The summed E-state index contributed by atoms with van der Waals surface area (Å²) in [5.41, 5.74) is 2.87. The molecule has 0 heterocycles. The minimum atomic E-state index is -0.665. The molecule has 0 fully saturated rings. The van der Waals surface area contributed by atoms with Crippen LogP contribution in [0.1, 0.15) is 29.7 Å². The first-order valence-electron chi connectivity index (χ1n) is 8.22. The lowest BCUT2D eigenvalue weighted by Gasteiger charge is -2.12. The van der Waals surface area contributed by atoms with E-state index in [0.29, 0.717) is 11.3 Å². The molecule has 0 spiro atoms. The minimum absolute atomic E-state index is 0.0711. The molecular formula is C19H22F2N3O2+. The largest absolute Gasteiger partial charge is 0.332 e. The molecule has 0 aromatic heterocycles. The smallest absolute Gasteiger partial charge is 0.326 e. The highest BCUT2D eigenvalue weighted by Crippen LogP contribution is 2.16. The van der Waals surface area contributed by atoms with E-state index < -0.39 is 29.6 Å². The monoisotopic (exact) mass is 362 g/mol. The second-order valence-corrected chi connectivity index (χ2v) is 6.22. The van der Waals surface area contributed by atoms with Crippen molar-refractivity contribution in [3.05, 3.63) is 64.7 Å². The van der Waals surface area contributed by atoms with Gasteiger partial charge in [0.1, 0.15) is 17.7 Å². The molecule has 0 bridgehead atoms. The van der Waals surface area contributed by atoms with E-state index in [1.165, 1.54) is 12.1 Å². The van der Waals surface area contributed by atoms with Gasteiger partial charge in [0.05, 0.1) is 0 Å². The summed E-state index contributed by atoms with van der Waals surface area (Å²) < 4.78 is 26.7. The van der Waals surface area contributed by atoms with Gasteiger partial charge in [-0.25, -0.2) is 13.6 Å². The van der Waals surface area contributed by atoms with Crippen LogP contribution in [0.4, 0.5) is 19.3 Å². The van der Waals surface area contributed by atoms with E-state index in [4.69, 9.17) is 0 Å². The van der Waals surface area contributed by atoms with Gasteiger partial charge in [-0.3, -0.25) is 10.1 Å². The maximum absolute atomic E-state index is 13.7. The Hall–Kier alpha value is -2.80. The van der Waals surface area contributed by atoms with Gasteiger partial charge in [-0.2, -0.15) is 0 Å². The summed E-state index contributed by atoms with van der Waals surface area (Å²) in [4.78, 5) is 23.8. The second kappa shape index (κ2) is 8.53. The minimum Gasteiger partial charge on any atom is -0.332 e. The molecule has 0 radical (unpaired) electrons. The molecule has 0 saturated heterocycles. The third kappa shape index (κ3) is 5.35. The maximum atomic E-state index is 13.7. The topological polar surface area (TPSA) is 74.8 Å². The van der Waals surface area contributed by atoms with E-state index >= 15 is 0 Å². The van der Waals surface area contributed by atoms with Crippen LogP contribution in [0.15, 0.2) is 36.4 Å². The Morgan fingerprint density at radius 1 is 1.12 bits per heavy atom. The van der Waals surface area contributed by atoms with Crippen molar-refractivity contribution in [3.8, 4) is 0 Å². The number of urea groups is 1. The third-order valence-corrected chi connectivity index (χ3v) is 3.99. The average molecular weight is 362 g/mol. The molecule has 0 aliphatic heterocycles. The zero-order chi connectivity index (χ0) is 19.3. The molecule has 2 aromatic carbocycles. The van der Waals surface area contributed by atoms with E-state index in [2.05, 4.69) is 10.6 Å². The number of hydrogen-bond donors (Lipinski definition) is 3. The number of carbonyl (C=O) groups excluding carboxylic acids is 2. The van der Waals surface area contributed by atoms with Crippen LogP contribution >= 0.6 is 0 Å². The third-order valence-electron chi connectivity index (χ3n) is 3.99. The van der Waals surface area contributed by atoms with Crippen molar-refractivity contribution < 1.29 is 23.7 Å². The number of carbonyl (C=O) groups is 2. The number of aryl methyl sites for hydroxylation is 2. The number of anilines is 1. The Balaban J connectivity index is 1.85. The molecule has 0 saturated carbocycles. The Labute approximate surface area is 150 Å². The molecule has 2 rings (SSSR count). The van der Waals surface area contributed by atoms with Crippen LogP contribution in [-0.4, -0.2) is 18.5 Å². The van der Waals surface area contributed by atoms with Gasteiger partial charge in [0.25, 0.3) is 5.91 Å². The van der Waals surface area contributed by atoms with E-state index in [1.807, 2.05) is 26.0 Å². The van der Waals surface area contributed by atoms with Gasteiger partial charge < -0.3 is 10.6 Å². The Morgan fingerprint density at radius 3 is 2.50 bits per heavy atom. The first kappa shape index (κ1) is 19.5. The Kier molecular flexibility index (Phi) is 6.41. The van der Waals surface area contributed by atoms with Gasteiger partial charge in [-0.15, -0.1) is 0 Å². The Morgan fingerprint density at radius 2 is 1.85 bits per heavy atom. The number of halogens is 2. The van der Waals surface area contributed by atoms with Gasteiger partial charge in [0.2, 0.25) is 0 Å². The number of rotatable bonds is 5. The highest BCUT2D eigenvalue weighted by atomic mass is 19.1. The Bertz CT molecular complexity index is 824. The van der Waals surface area contributed by atoms with Gasteiger partial charge in [-0.1, -0.05) is 17.7 Å². The van der Waals surface area contributed by atoms with E-state index in [0.717, 1.165) is 17.2 Å². The first-order chi connectivity index (χ1) is 12.3. The molecule has 4 N–H and O–H groups in total. The van der Waals surface area contributed by atoms with Crippen LogP contribution in [0, 0.1) is 25.5 Å². The lowest BCUT2D eigenvalue weighted by atomic mass is 10.1. The fourth-order valence-electron chi connectivity index (χ4n) is 2.57. The maximum Gasteiger partial charge on any atom is 0.326 e. The molecule has 1 atom stereocenters. The number of imide groups is 1. The first-order valence-corrected chi connectivity index (χ1v) is 8.22. The number of benzene rings is 2.